The van der Waals surface area contributed by atoms with E-state index in [1.54, 1.807) is 16.8 Å². The molecule has 0 amide bonds. The maximum absolute atomic E-state index is 13.3. The molecule has 0 saturated carbocycles. The van der Waals surface area contributed by atoms with E-state index in [0.717, 1.165) is 11.1 Å². The number of benzene rings is 2. The van der Waals surface area contributed by atoms with E-state index in [-0.39, 0.29) is 11.9 Å². The van der Waals surface area contributed by atoms with Gasteiger partial charge in [-0.2, -0.15) is 0 Å². The summed E-state index contributed by atoms with van der Waals surface area (Å²) in [5.41, 5.74) is 1.10. The zero-order chi connectivity index (χ0) is 16.7. The van der Waals surface area contributed by atoms with Crippen LogP contribution < -0.4 is 0 Å². The van der Waals surface area contributed by atoms with Gasteiger partial charge in [-0.1, -0.05) is 41.9 Å². The van der Waals surface area contributed by atoms with Crippen LogP contribution in [0.3, 0.4) is 0 Å². The van der Waals surface area contributed by atoms with Gasteiger partial charge in [0.25, 0.3) is 0 Å². The topological polar surface area (TPSA) is 46.1 Å². The molecule has 3 aromatic rings. The van der Waals surface area contributed by atoms with Crippen LogP contribution in [0, 0.1) is 10.6 Å². The lowest BCUT2D eigenvalue weighted by Gasteiger charge is -2.15. The number of rotatable bonds is 4. The predicted molar refractivity (Wildman–Crippen MR) is 90.8 cm³/mol. The lowest BCUT2D eigenvalue weighted by atomic mass is 9.91. The molecule has 1 N–H and O–H groups in total. The summed E-state index contributed by atoms with van der Waals surface area (Å²) in [7, 11) is 0. The van der Waals surface area contributed by atoms with E-state index in [4.69, 9.17) is 28.6 Å². The Balaban J connectivity index is 1.77. The molecular weight excluding hydrogens is 349 g/mol. The lowest BCUT2D eigenvalue weighted by Crippen LogP contribution is -2.20. The fourth-order valence-electron chi connectivity index (χ4n) is 2.97. The Hall–Kier alpha value is -2.02. The third-order valence-electron chi connectivity index (χ3n) is 4.23. The maximum Gasteiger partial charge on any atom is 0.215 e. The first kappa shape index (κ1) is 15.5. The quantitative estimate of drug-likeness (QED) is 0.553. The number of ether oxygens (including phenoxy) is 1. The largest absolute Gasteiger partial charge is 0.354 e. The second kappa shape index (κ2) is 5.81. The molecule has 0 bridgehead atoms. The molecule has 7 heteroatoms. The van der Waals surface area contributed by atoms with E-state index in [1.807, 2.05) is 24.3 Å². The average Bonchev–Trinajstić information content (AvgIpc) is 3.16. The highest BCUT2D eigenvalue weighted by molar-refractivity contribution is 7.71. The van der Waals surface area contributed by atoms with Crippen LogP contribution in [-0.2, 0) is 16.9 Å². The van der Waals surface area contributed by atoms with E-state index < -0.39 is 5.60 Å². The first-order chi connectivity index (χ1) is 11.6. The maximum atomic E-state index is 13.3. The molecule has 1 fully saturated rings. The van der Waals surface area contributed by atoms with Gasteiger partial charge in [0.1, 0.15) is 23.8 Å². The Bertz CT molecular complexity index is 939. The van der Waals surface area contributed by atoms with Crippen molar-refractivity contribution >= 4 is 23.8 Å². The molecule has 0 radical (unpaired) electrons. The molecule has 1 aromatic heterocycles. The molecule has 0 unspecified atom stereocenters. The van der Waals surface area contributed by atoms with Crippen molar-refractivity contribution in [3.63, 3.8) is 0 Å². The smallest absolute Gasteiger partial charge is 0.215 e. The zero-order valence-electron chi connectivity index (χ0n) is 12.4. The molecule has 4 nitrogen and oxygen atoms in total. The van der Waals surface area contributed by atoms with Crippen molar-refractivity contribution < 1.29 is 9.13 Å². The third-order valence-corrected chi connectivity index (χ3v) is 4.90. The van der Waals surface area contributed by atoms with E-state index in [2.05, 4.69) is 10.1 Å². The second-order valence-electron chi connectivity index (χ2n) is 5.67. The summed E-state index contributed by atoms with van der Waals surface area (Å²) in [5.74, 6) is -0.290. The van der Waals surface area contributed by atoms with Gasteiger partial charge in [0.2, 0.25) is 4.77 Å². The number of hydrogen-bond acceptors (Lipinski definition) is 3. The molecule has 1 aliphatic rings. The Morgan fingerprint density at radius 3 is 2.67 bits per heavy atom. The van der Waals surface area contributed by atoms with Gasteiger partial charge in [-0.05, 0) is 36.0 Å². The van der Waals surface area contributed by atoms with Crippen molar-refractivity contribution in [1.29, 1.82) is 0 Å². The Kier molecular flexibility index (Phi) is 3.75. The van der Waals surface area contributed by atoms with Gasteiger partial charge in [-0.25, -0.2) is 9.37 Å². The summed E-state index contributed by atoms with van der Waals surface area (Å²) in [6.45, 7) is 0.438. The van der Waals surface area contributed by atoms with Crippen molar-refractivity contribution in [2.75, 3.05) is 0 Å². The highest BCUT2D eigenvalue weighted by Crippen LogP contribution is 2.59. The number of aromatic nitrogens is 3. The molecule has 1 saturated heterocycles. The summed E-state index contributed by atoms with van der Waals surface area (Å²) in [4.78, 5) is 4.03. The van der Waals surface area contributed by atoms with Gasteiger partial charge >= 0.3 is 0 Å². The van der Waals surface area contributed by atoms with E-state index in [0.29, 0.717) is 16.3 Å². The number of hydrogen-bond donors (Lipinski definition) is 1. The molecular formula is C17H13ClFN3OS. The van der Waals surface area contributed by atoms with Gasteiger partial charge < -0.3 is 4.74 Å². The first-order valence-corrected chi connectivity index (χ1v) is 8.17. The summed E-state index contributed by atoms with van der Waals surface area (Å²) in [5, 5.41) is 3.62. The number of nitrogens with one attached hydrogen (secondary N) is 1. The van der Waals surface area contributed by atoms with Crippen LogP contribution in [0.25, 0.3) is 0 Å². The van der Waals surface area contributed by atoms with Gasteiger partial charge in [0, 0.05) is 10.6 Å². The molecule has 1 aliphatic heterocycles. The monoisotopic (exact) mass is 361 g/mol. The molecule has 0 spiro atoms. The first-order valence-electron chi connectivity index (χ1n) is 7.39. The predicted octanol–water partition coefficient (Wildman–Crippen LogP) is 4.40. The molecule has 24 heavy (non-hydrogen) atoms. The Morgan fingerprint density at radius 2 is 2.00 bits per heavy atom. The fraction of sp³-hybridized carbons (Fsp3) is 0.176. The highest BCUT2D eigenvalue weighted by Gasteiger charge is 2.59. The van der Waals surface area contributed by atoms with E-state index in [9.17, 15) is 4.39 Å². The van der Waals surface area contributed by atoms with Gasteiger partial charge in [0.15, 0.2) is 0 Å². The van der Waals surface area contributed by atoms with Crippen molar-refractivity contribution in [1.82, 2.24) is 14.8 Å². The lowest BCUT2D eigenvalue weighted by molar-refractivity contribution is 0.261. The molecule has 0 aliphatic carbocycles. The number of nitrogens with zero attached hydrogens (tertiary/aromatic N) is 2. The average molecular weight is 362 g/mol. The van der Waals surface area contributed by atoms with Crippen LogP contribution >= 0.6 is 23.8 Å². The standard InChI is InChI=1S/C17H13ClFN3OS/c18-14-4-2-1-3-13(14)15-17(23-15,9-22-16(24)20-10-21-22)11-5-7-12(19)8-6-11/h1-8,10,15H,9H2,(H,20,21,24)/t15-,17+/m1/s1. The van der Waals surface area contributed by atoms with Crippen LogP contribution in [-0.4, -0.2) is 14.8 Å². The van der Waals surface area contributed by atoms with Crippen molar-refractivity contribution in [2.45, 2.75) is 18.2 Å². The molecule has 2 heterocycles. The van der Waals surface area contributed by atoms with Crippen molar-refractivity contribution in [3.8, 4) is 0 Å². The van der Waals surface area contributed by atoms with Crippen molar-refractivity contribution in [2.24, 2.45) is 0 Å². The van der Waals surface area contributed by atoms with E-state index >= 15 is 0 Å². The normalized spacial score (nSPS) is 22.5. The Morgan fingerprint density at radius 1 is 1.25 bits per heavy atom. The summed E-state index contributed by atoms with van der Waals surface area (Å²) in [6, 6.07) is 13.9. The van der Waals surface area contributed by atoms with Gasteiger partial charge in [0.05, 0.1) is 6.54 Å². The van der Waals surface area contributed by atoms with Crippen LogP contribution in [0.1, 0.15) is 17.2 Å². The van der Waals surface area contributed by atoms with Crippen LogP contribution in [0.2, 0.25) is 5.02 Å². The van der Waals surface area contributed by atoms with Crippen LogP contribution in [0.5, 0.6) is 0 Å². The summed E-state index contributed by atoms with van der Waals surface area (Å²) in [6.07, 6.45) is 1.30. The number of H-pyrrole nitrogens is 1. The van der Waals surface area contributed by atoms with Crippen LogP contribution in [0.15, 0.2) is 54.9 Å². The molecule has 122 valence electrons. The van der Waals surface area contributed by atoms with Crippen molar-refractivity contribution in [3.05, 3.63) is 81.6 Å². The molecule has 4 rings (SSSR count). The van der Waals surface area contributed by atoms with Crippen LogP contribution in [0.4, 0.5) is 4.39 Å². The summed E-state index contributed by atoms with van der Waals surface area (Å²) < 4.78 is 21.6. The fourth-order valence-corrected chi connectivity index (χ4v) is 3.37. The highest BCUT2D eigenvalue weighted by atomic mass is 35.5. The zero-order valence-corrected chi connectivity index (χ0v) is 14.0. The number of epoxide rings is 1. The minimum Gasteiger partial charge on any atom is -0.354 e. The molecule has 2 atom stereocenters. The number of halogens is 2. The summed E-state index contributed by atoms with van der Waals surface area (Å²) >= 11 is 11.5. The minimum absolute atomic E-state index is 0.234. The molecule has 2 aromatic carbocycles. The van der Waals surface area contributed by atoms with Gasteiger partial charge in [-0.15, -0.1) is 0 Å². The second-order valence-corrected chi connectivity index (χ2v) is 6.44. The number of aromatic amines is 1. The third kappa shape index (κ3) is 2.56. The Labute approximate surface area is 147 Å². The van der Waals surface area contributed by atoms with Gasteiger partial charge in [-0.3, -0.25) is 9.78 Å². The van der Waals surface area contributed by atoms with E-state index in [1.165, 1.54) is 18.5 Å². The minimum atomic E-state index is -0.663. The SMILES string of the molecule is Fc1ccc([C@]2(Cn3[nH]cnc3=S)O[C@@H]2c2ccccc2Cl)cc1.